The lowest BCUT2D eigenvalue weighted by atomic mass is 10.1. The number of carbonyl (C=O) groups excluding carboxylic acids is 1. The average Bonchev–Trinajstić information content (AvgIpc) is 3.34. The number of nitrogens with two attached hydrogens (primary N) is 1. The maximum atomic E-state index is 11.9. The normalized spacial score (nSPS) is 19.9. The van der Waals surface area contributed by atoms with Crippen molar-refractivity contribution < 1.29 is 4.79 Å². The van der Waals surface area contributed by atoms with Gasteiger partial charge in [-0.2, -0.15) is 10.2 Å². The Morgan fingerprint density at radius 2 is 2.19 bits per heavy atom. The van der Waals surface area contributed by atoms with Gasteiger partial charge in [-0.25, -0.2) is 9.50 Å². The predicted octanol–water partition coefficient (Wildman–Crippen LogP) is 0.731. The molecule has 0 saturated carbocycles. The minimum Gasteiger partial charge on any atom is -0.377 e. The second-order valence-electron chi connectivity index (χ2n) is 6.66. The van der Waals surface area contributed by atoms with Gasteiger partial charge >= 0.3 is 0 Å². The second kappa shape index (κ2) is 6.41. The molecule has 0 radical (unpaired) electrons. The highest BCUT2D eigenvalue weighted by atomic mass is 16.1. The van der Waals surface area contributed by atoms with Crippen LogP contribution in [0.3, 0.4) is 0 Å². The zero-order valence-electron chi connectivity index (χ0n) is 14.8. The molecule has 1 fully saturated rings. The van der Waals surface area contributed by atoms with Crippen LogP contribution in [0.15, 0.2) is 24.8 Å². The Morgan fingerprint density at radius 3 is 2.85 bits per heavy atom. The van der Waals surface area contributed by atoms with Crippen LogP contribution in [-0.4, -0.2) is 49.4 Å². The molecule has 0 spiro atoms. The summed E-state index contributed by atoms with van der Waals surface area (Å²) in [5.41, 5.74) is 8.78. The zero-order chi connectivity index (χ0) is 18.3. The Labute approximate surface area is 150 Å². The summed E-state index contributed by atoms with van der Waals surface area (Å²) in [6, 6.07) is 0.197. The summed E-state index contributed by atoms with van der Waals surface area (Å²) in [7, 11) is 0. The van der Waals surface area contributed by atoms with E-state index in [0.717, 1.165) is 30.9 Å². The number of aryl methyl sites for hydroxylation is 1. The van der Waals surface area contributed by atoms with Crippen LogP contribution >= 0.6 is 0 Å². The molecule has 0 bridgehead atoms. The number of hydrogen-bond acceptors (Lipinski definition) is 6. The fraction of sp³-hybridized carbons (Fsp3) is 0.412. The summed E-state index contributed by atoms with van der Waals surface area (Å²) in [6.45, 7) is 6.73. The third-order valence-electron chi connectivity index (χ3n) is 4.86. The quantitative estimate of drug-likeness (QED) is 0.622. The topological polar surface area (TPSA) is 115 Å². The molecular weight excluding hydrogens is 332 g/mol. The summed E-state index contributed by atoms with van der Waals surface area (Å²) < 4.78 is 3.51. The fourth-order valence-electron chi connectivity index (χ4n) is 3.26. The monoisotopic (exact) mass is 354 g/mol. The van der Waals surface area contributed by atoms with E-state index < -0.39 is 5.91 Å². The summed E-state index contributed by atoms with van der Waals surface area (Å²) >= 11 is 0. The molecule has 4 heterocycles. The molecule has 4 N–H and O–H groups in total. The molecule has 0 unspecified atom stereocenters. The number of fused-ring (bicyclic) bond motifs is 1. The number of nitrogens with zero attached hydrogens (tertiary/aromatic N) is 5. The molecule has 2 atom stereocenters. The summed E-state index contributed by atoms with van der Waals surface area (Å²) in [4.78, 5) is 16.6. The molecule has 4 rings (SSSR count). The lowest BCUT2D eigenvalue weighted by Gasteiger charge is -2.19. The Balaban J connectivity index is 1.80. The first-order chi connectivity index (χ1) is 12.6. The van der Waals surface area contributed by atoms with E-state index in [9.17, 15) is 4.79 Å². The molecule has 3 aromatic rings. The van der Waals surface area contributed by atoms with Crippen molar-refractivity contribution in [1.82, 2.24) is 29.7 Å². The number of carbonyl (C=O) groups is 1. The SMILES string of the molecule is CCn1cc(-c2cn3ncc(C(N)=O)c(N[C@@H]4CNC[C@@H]4C)c3n2)cn1. The van der Waals surface area contributed by atoms with Crippen LogP contribution in [-0.2, 0) is 6.54 Å². The minimum atomic E-state index is -0.524. The van der Waals surface area contributed by atoms with Gasteiger partial charge in [0, 0.05) is 30.9 Å². The smallest absolute Gasteiger partial charge is 0.252 e. The molecule has 1 aliphatic heterocycles. The largest absolute Gasteiger partial charge is 0.377 e. The van der Waals surface area contributed by atoms with Crippen LogP contribution in [0.1, 0.15) is 24.2 Å². The molecule has 9 heteroatoms. The number of primary amides is 1. The van der Waals surface area contributed by atoms with E-state index in [1.807, 2.05) is 24.0 Å². The van der Waals surface area contributed by atoms with Gasteiger partial charge < -0.3 is 16.4 Å². The van der Waals surface area contributed by atoms with Gasteiger partial charge in [-0.05, 0) is 19.4 Å². The van der Waals surface area contributed by atoms with E-state index >= 15 is 0 Å². The number of amides is 1. The molecule has 1 amide bonds. The van der Waals surface area contributed by atoms with E-state index in [4.69, 9.17) is 10.7 Å². The number of nitrogens with one attached hydrogen (secondary N) is 2. The first kappa shape index (κ1) is 16.5. The first-order valence-electron chi connectivity index (χ1n) is 8.75. The van der Waals surface area contributed by atoms with Crippen molar-refractivity contribution in [2.75, 3.05) is 18.4 Å². The van der Waals surface area contributed by atoms with E-state index in [-0.39, 0.29) is 6.04 Å². The number of hydrogen-bond donors (Lipinski definition) is 3. The van der Waals surface area contributed by atoms with Gasteiger partial charge in [0.1, 0.15) is 0 Å². The highest BCUT2D eigenvalue weighted by Crippen LogP contribution is 2.27. The fourth-order valence-corrected chi connectivity index (χ4v) is 3.26. The van der Waals surface area contributed by atoms with E-state index in [0.29, 0.717) is 22.8 Å². The molecule has 136 valence electrons. The Morgan fingerprint density at radius 1 is 1.35 bits per heavy atom. The van der Waals surface area contributed by atoms with Crippen LogP contribution in [0.5, 0.6) is 0 Å². The van der Waals surface area contributed by atoms with Crippen molar-refractivity contribution in [2.24, 2.45) is 11.7 Å². The average molecular weight is 354 g/mol. The van der Waals surface area contributed by atoms with Gasteiger partial charge in [0.25, 0.3) is 5.91 Å². The van der Waals surface area contributed by atoms with Crippen molar-refractivity contribution in [3.8, 4) is 11.3 Å². The van der Waals surface area contributed by atoms with Crippen molar-refractivity contribution in [1.29, 1.82) is 0 Å². The van der Waals surface area contributed by atoms with Gasteiger partial charge in [-0.1, -0.05) is 6.92 Å². The third-order valence-corrected chi connectivity index (χ3v) is 4.86. The van der Waals surface area contributed by atoms with Gasteiger partial charge in [0.05, 0.1) is 35.5 Å². The lowest BCUT2D eigenvalue weighted by Crippen LogP contribution is -2.29. The summed E-state index contributed by atoms with van der Waals surface area (Å²) in [5.74, 6) is -0.0920. The van der Waals surface area contributed by atoms with E-state index in [1.165, 1.54) is 6.20 Å². The van der Waals surface area contributed by atoms with Crippen molar-refractivity contribution in [3.05, 3.63) is 30.4 Å². The maximum absolute atomic E-state index is 11.9. The van der Waals surface area contributed by atoms with Crippen molar-refractivity contribution in [3.63, 3.8) is 0 Å². The van der Waals surface area contributed by atoms with Crippen molar-refractivity contribution in [2.45, 2.75) is 26.4 Å². The molecule has 26 heavy (non-hydrogen) atoms. The molecular formula is C17H22N8O. The standard InChI is InChI=1S/C17H22N8O/c1-3-24-8-11(5-20-24)14-9-25-17(23-14)15(12(6-21-25)16(18)26)22-13-7-19-4-10(13)2/h5-6,8-10,13,19,22H,3-4,7H2,1-2H3,(H2,18,26)/t10-,13+/m0/s1. The first-order valence-corrected chi connectivity index (χ1v) is 8.75. The number of rotatable bonds is 5. The van der Waals surface area contributed by atoms with Crippen molar-refractivity contribution >= 4 is 17.2 Å². The summed E-state index contributed by atoms with van der Waals surface area (Å²) in [6.07, 6.45) is 7.04. The van der Waals surface area contributed by atoms with Crippen LogP contribution in [0.2, 0.25) is 0 Å². The summed E-state index contributed by atoms with van der Waals surface area (Å²) in [5, 5.41) is 15.4. The number of aromatic nitrogens is 5. The van der Waals surface area contributed by atoms with E-state index in [2.05, 4.69) is 27.8 Å². The highest BCUT2D eigenvalue weighted by molar-refractivity contribution is 6.01. The third kappa shape index (κ3) is 2.80. The number of anilines is 1. The van der Waals surface area contributed by atoms with Crippen LogP contribution in [0.4, 0.5) is 5.69 Å². The van der Waals surface area contributed by atoms with Crippen LogP contribution in [0.25, 0.3) is 16.9 Å². The maximum Gasteiger partial charge on any atom is 0.252 e. The molecule has 3 aromatic heterocycles. The van der Waals surface area contributed by atoms with Gasteiger partial charge in [-0.3, -0.25) is 9.48 Å². The van der Waals surface area contributed by atoms with Gasteiger partial charge in [0.2, 0.25) is 0 Å². The molecule has 9 nitrogen and oxygen atoms in total. The molecule has 1 saturated heterocycles. The minimum absolute atomic E-state index is 0.197. The lowest BCUT2D eigenvalue weighted by molar-refractivity contribution is 0.100. The zero-order valence-corrected chi connectivity index (χ0v) is 14.8. The van der Waals surface area contributed by atoms with Gasteiger partial charge in [0.15, 0.2) is 5.65 Å². The van der Waals surface area contributed by atoms with E-state index in [1.54, 1.807) is 10.7 Å². The molecule has 0 aliphatic carbocycles. The molecule has 1 aliphatic rings. The Bertz CT molecular complexity index is 959. The number of imidazole rings is 1. The van der Waals surface area contributed by atoms with Crippen LogP contribution in [0, 0.1) is 5.92 Å². The second-order valence-corrected chi connectivity index (χ2v) is 6.66. The van der Waals surface area contributed by atoms with Gasteiger partial charge in [-0.15, -0.1) is 0 Å². The highest BCUT2D eigenvalue weighted by Gasteiger charge is 2.26. The predicted molar refractivity (Wildman–Crippen MR) is 97.8 cm³/mol. The molecule has 0 aromatic carbocycles. The Hall–Kier alpha value is -2.94. The Kier molecular flexibility index (Phi) is 4.08. The van der Waals surface area contributed by atoms with Crippen LogP contribution < -0.4 is 16.4 Å².